The smallest absolute Gasteiger partial charge is 0.257 e. The minimum Gasteiger partial charge on any atom is -0.490 e. The molecule has 0 unspecified atom stereocenters. The van der Waals surface area contributed by atoms with Crippen LogP contribution in [0.25, 0.3) is 0 Å². The molecule has 3 atom stereocenters. The number of hydrogen-bond acceptors (Lipinski definition) is 5. The number of nitrogens with one attached hydrogen (secondary N) is 2. The molecule has 0 radical (unpaired) electrons. The van der Waals surface area contributed by atoms with Crippen molar-refractivity contribution in [2.45, 2.75) is 76.0 Å². The molecule has 3 fully saturated rings. The highest BCUT2D eigenvalue weighted by Gasteiger charge is 2.39. The number of carbonyl (C=O) groups is 3. The number of benzene rings is 1. The Hall–Kier alpha value is -2.61. The van der Waals surface area contributed by atoms with Gasteiger partial charge in [-0.05, 0) is 62.6 Å². The van der Waals surface area contributed by atoms with Crippen LogP contribution in [0.2, 0.25) is 0 Å². The molecular formula is C26H35N3O5. The van der Waals surface area contributed by atoms with Crippen LogP contribution in [0.3, 0.4) is 0 Å². The summed E-state index contributed by atoms with van der Waals surface area (Å²) in [4.78, 5) is 39.9. The van der Waals surface area contributed by atoms with Crippen LogP contribution in [0.4, 0.5) is 5.69 Å². The first kappa shape index (κ1) is 23.1. The number of ether oxygens (including phenoxy) is 2. The fourth-order valence-electron chi connectivity index (χ4n) is 5.40. The van der Waals surface area contributed by atoms with E-state index in [9.17, 15) is 14.4 Å². The quantitative estimate of drug-likeness (QED) is 0.667. The Balaban J connectivity index is 1.23. The van der Waals surface area contributed by atoms with Crippen LogP contribution in [-0.2, 0) is 14.3 Å². The third-order valence-corrected chi connectivity index (χ3v) is 7.70. The fourth-order valence-corrected chi connectivity index (χ4v) is 5.40. The van der Waals surface area contributed by atoms with Gasteiger partial charge in [0.15, 0.2) is 0 Å². The number of anilines is 1. The molecule has 1 saturated heterocycles. The fraction of sp³-hybridized carbons (Fsp3) is 0.654. The summed E-state index contributed by atoms with van der Waals surface area (Å²) in [5, 5.41) is 5.99. The predicted molar refractivity (Wildman–Crippen MR) is 127 cm³/mol. The SMILES string of the molecule is CN1C(=O)c2cc(NC(=O)C3CCCC3)ccc2OC[C@H]2O[C@H](CC(=O)NCC3CC3)CC[C@H]21. The number of amides is 3. The van der Waals surface area contributed by atoms with E-state index >= 15 is 0 Å². The van der Waals surface area contributed by atoms with Crippen molar-refractivity contribution in [1.82, 2.24) is 10.2 Å². The lowest BCUT2D eigenvalue weighted by atomic mass is 9.94. The summed E-state index contributed by atoms with van der Waals surface area (Å²) in [5.41, 5.74) is 1.07. The zero-order chi connectivity index (χ0) is 23.7. The van der Waals surface area contributed by atoms with Crippen molar-refractivity contribution in [1.29, 1.82) is 0 Å². The molecule has 0 bridgehead atoms. The molecule has 3 amide bonds. The zero-order valence-corrected chi connectivity index (χ0v) is 19.9. The van der Waals surface area contributed by atoms with E-state index in [0.717, 1.165) is 45.1 Å². The van der Waals surface area contributed by atoms with Gasteiger partial charge in [-0.15, -0.1) is 0 Å². The third kappa shape index (κ3) is 5.22. The molecule has 0 aromatic heterocycles. The van der Waals surface area contributed by atoms with Crippen molar-refractivity contribution >= 4 is 23.4 Å². The Morgan fingerprint density at radius 1 is 1.09 bits per heavy atom. The molecule has 184 valence electrons. The lowest BCUT2D eigenvalue weighted by Crippen LogP contribution is -2.54. The van der Waals surface area contributed by atoms with Gasteiger partial charge in [-0.25, -0.2) is 0 Å². The summed E-state index contributed by atoms with van der Waals surface area (Å²) in [7, 11) is 1.80. The molecule has 1 aromatic rings. The van der Waals surface area contributed by atoms with Crippen LogP contribution >= 0.6 is 0 Å². The first-order valence-electron chi connectivity index (χ1n) is 12.7. The van der Waals surface area contributed by atoms with Crippen molar-refractivity contribution in [3.8, 4) is 5.75 Å². The molecular weight excluding hydrogens is 434 g/mol. The van der Waals surface area contributed by atoms with Gasteiger partial charge in [0.1, 0.15) is 18.5 Å². The maximum absolute atomic E-state index is 13.4. The standard InChI is InChI=1S/C26H35N3O5/c1-29-21-10-9-19(13-24(30)27-14-16-6-7-16)34-23(21)15-33-22-11-8-18(12-20(22)26(29)32)28-25(31)17-4-2-3-5-17/h8,11-12,16-17,19,21,23H,2-7,9-10,13-15H2,1H3,(H,27,30)(H,28,31)/t19-,21+,23+/m0/s1. The highest BCUT2D eigenvalue weighted by Crippen LogP contribution is 2.33. The minimum absolute atomic E-state index is 0.0259. The molecule has 2 saturated carbocycles. The monoisotopic (exact) mass is 469 g/mol. The molecule has 2 N–H and O–H groups in total. The predicted octanol–water partition coefficient (Wildman–Crippen LogP) is 3.11. The van der Waals surface area contributed by atoms with Crippen molar-refractivity contribution in [3.63, 3.8) is 0 Å². The molecule has 34 heavy (non-hydrogen) atoms. The van der Waals surface area contributed by atoms with Gasteiger partial charge in [0.25, 0.3) is 5.91 Å². The van der Waals surface area contributed by atoms with Crippen LogP contribution in [0, 0.1) is 11.8 Å². The van der Waals surface area contributed by atoms with E-state index < -0.39 is 0 Å². The highest BCUT2D eigenvalue weighted by molar-refractivity contribution is 6.00. The average Bonchev–Trinajstić information content (AvgIpc) is 3.50. The molecule has 2 heterocycles. The average molecular weight is 470 g/mol. The molecule has 2 aliphatic heterocycles. The van der Waals surface area contributed by atoms with Crippen LogP contribution in [-0.4, -0.2) is 61.1 Å². The molecule has 5 rings (SSSR count). The molecule has 1 aromatic carbocycles. The maximum Gasteiger partial charge on any atom is 0.257 e. The van der Waals surface area contributed by atoms with E-state index in [1.807, 2.05) is 0 Å². The van der Waals surface area contributed by atoms with Gasteiger partial charge < -0.3 is 25.0 Å². The van der Waals surface area contributed by atoms with Gasteiger partial charge >= 0.3 is 0 Å². The van der Waals surface area contributed by atoms with Crippen LogP contribution < -0.4 is 15.4 Å². The number of fused-ring (bicyclic) bond motifs is 2. The zero-order valence-electron chi connectivity index (χ0n) is 19.9. The van der Waals surface area contributed by atoms with Gasteiger partial charge in [0, 0.05) is 25.2 Å². The summed E-state index contributed by atoms with van der Waals surface area (Å²) in [6, 6.07) is 5.13. The second kappa shape index (κ2) is 9.94. The Kier molecular flexibility index (Phi) is 6.77. The van der Waals surface area contributed by atoms with E-state index in [1.54, 1.807) is 30.1 Å². The Bertz CT molecular complexity index is 940. The van der Waals surface area contributed by atoms with Gasteiger partial charge in [-0.1, -0.05) is 12.8 Å². The molecule has 8 heteroatoms. The number of rotatable bonds is 6. The van der Waals surface area contributed by atoms with Gasteiger partial charge in [-0.3, -0.25) is 14.4 Å². The van der Waals surface area contributed by atoms with E-state index in [0.29, 0.717) is 35.9 Å². The van der Waals surface area contributed by atoms with Crippen LogP contribution in [0.5, 0.6) is 5.75 Å². The van der Waals surface area contributed by atoms with Crippen molar-refractivity contribution in [2.24, 2.45) is 11.8 Å². The topological polar surface area (TPSA) is 97.0 Å². The molecule has 4 aliphatic rings. The number of carbonyl (C=O) groups excluding carboxylic acids is 3. The molecule has 8 nitrogen and oxygen atoms in total. The van der Waals surface area contributed by atoms with Gasteiger partial charge in [0.2, 0.25) is 11.8 Å². The maximum atomic E-state index is 13.4. The normalized spacial score (nSPS) is 27.1. The number of likely N-dealkylation sites (N-methyl/N-ethyl adjacent to an activating group) is 1. The Morgan fingerprint density at radius 2 is 1.88 bits per heavy atom. The summed E-state index contributed by atoms with van der Waals surface area (Å²) in [6.07, 6.45) is 7.81. The minimum atomic E-state index is -0.293. The molecule has 0 spiro atoms. The van der Waals surface area contributed by atoms with Crippen LogP contribution in [0.1, 0.15) is 68.1 Å². The van der Waals surface area contributed by atoms with Crippen molar-refractivity contribution < 1.29 is 23.9 Å². The summed E-state index contributed by atoms with van der Waals surface area (Å²) in [5.74, 6) is 1.10. The third-order valence-electron chi connectivity index (χ3n) is 7.70. The van der Waals surface area contributed by atoms with E-state index in [2.05, 4.69) is 10.6 Å². The summed E-state index contributed by atoms with van der Waals surface area (Å²) in [6.45, 7) is 1.07. The second-order valence-corrected chi connectivity index (χ2v) is 10.3. The summed E-state index contributed by atoms with van der Waals surface area (Å²) >= 11 is 0. The summed E-state index contributed by atoms with van der Waals surface area (Å²) < 4.78 is 12.3. The molecule has 2 aliphatic carbocycles. The largest absolute Gasteiger partial charge is 0.490 e. The first-order chi connectivity index (χ1) is 16.5. The Labute approximate surface area is 200 Å². The van der Waals surface area contributed by atoms with E-state index in [4.69, 9.17) is 9.47 Å². The van der Waals surface area contributed by atoms with Crippen molar-refractivity contribution in [3.05, 3.63) is 23.8 Å². The lowest BCUT2D eigenvalue weighted by molar-refractivity contribution is -0.134. The van der Waals surface area contributed by atoms with Crippen LogP contribution in [0.15, 0.2) is 18.2 Å². The lowest BCUT2D eigenvalue weighted by Gasteiger charge is -2.42. The Morgan fingerprint density at radius 3 is 2.65 bits per heavy atom. The second-order valence-electron chi connectivity index (χ2n) is 10.3. The number of hydrogen-bond donors (Lipinski definition) is 2. The van der Waals surface area contributed by atoms with Crippen molar-refractivity contribution in [2.75, 3.05) is 25.5 Å². The number of nitrogens with zero attached hydrogens (tertiary/aromatic N) is 1. The van der Waals surface area contributed by atoms with Gasteiger partial charge in [0.05, 0.1) is 24.1 Å². The first-order valence-corrected chi connectivity index (χ1v) is 12.7. The van der Waals surface area contributed by atoms with E-state index in [-0.39, 0.29) is 41.9 Å². The highest BCUT2D eigenvalue weighted by atomic mass is 16.5. The van der Waals surface area contributed by atoms with E-state index in [1.165, 1.54) is 12.8 Å². The van der Waals surface area contributed by atoms with Gasteiger partial charge in [-0.2, -0.15) is 0 Å².